The maximum absolute atomic E-state index is 13.8. The van der Waals surface area contributed by atoms with Crippen LogP contribution < -0.4 is 5.73 Å². The van der Waals surface area contributed by atoms with E-state index in [4.69, 9.17) is 5.73 Å². The van der Waals surface area contributed by atoms with Gasteiger partial charge in [0.05, 0.1) is 15.3 Å². The molecule has 0 amide bonds. The molecule has 0 saturated carbocycles. The SMILES string of the molecule is Cc1nn(C(C)c2cc(Br)ccc2F)c(N)c1I. The molecule has 1 unspecified atom stereocenters. The number of nitrogens with zero attached hydrogens (tertiary/aromatic N) is 2. The van der Waals surface area contributed by atoms with E-state index in [1.807, 2.05) is 13.8 Å². The Labute approximate surface area is 127 Å². The lowest BCUT2D eigenvalue weighted by Gasteiger charge is -2.15. The molecule has 3 nitrogen and oxygen atoms in total. The van der Waals surface area contributed by atoms with E-state index < -0.39 is 0 Å². The fourth-order valence-corrected chi connectivity index (χ4v) is 2.54. The average Bonchev–Trinajstić information content (AvgIpc) is 2.59. The number of rotatable bonds is 2. The molecule has 2 aromatic rings. The van der Waals surface area contributed by atoms with Crippen LogP contribution in [0.15, 0.2) is 22.7 Å². The van der Waals surface area contributed by atoms with Crippen molar-refractivity contribution in [2.45, 2.75) is 19.9 Å². The molecule has 0 aliphatic carbocycles. The summed E-state index contributed by atoms with van der Waals surface area (Å²) in [6.07, 6.45) is 0. The van der Waals surface area contributed by atoms with Gasteiger partial charge in [0, 0.05) is 10.0 Å². The minimum Gasteiger partial charge on any atom is -0.383 e. The molecule has 2 N–H and O–H groups in total. The molecule has 18 heavy (non-hydrogen) atoms. The Morgan fingerprint density at radius 2 is 2.17 bits per heavy atom. The number of benzene rings is 1. The quantitative estimate of drug-likeness (QED) is 0.744. The van der Waals surface area contributed by atoms with Crippen molar-refractivity contribution in [1.82, 2.24) is 9.78 Å². The molecule has 96 valence electrons. The fraction of sp³-hybridized carbons (Fsp3) is 0.250. The third-order valence-corrected chi connectivity index (χ3v) is 4.65. The summed E-state index contributed by atoms with van der Waals surface area (Å²) in [6.45, 7) is 3.77. The van der Waals surface area contributed by atoms with E-state index in [0.29, 0.717) is 11.4 Å². The normalized spacial score (nSPS) is 12.7. The molecule has 2 rings (SSSR count). The van der Waals surface area contributed by atoms with E-state index in [-0.39, 0.29) is 11.9 Å². The van der Waals surface area contributed by atoms with E-state index in [0.717, 1.165) is 13.7 Å². The lowest BCUT2D eigenvalue weighted by atomic mass is 10.1. The van der Waals surface area contributed by atoms with Crippen LogP contribution in [-0.2, 0) is 0 Å². The maximum atomic E-state index is 13.8. The predicted octanol–water partition coefficient (Wildman–Crippen LogP) is 3.89. The van der Waals surface area contributed by atoms with Gasteiger partial charge in [-0.25, -0.2) is 9.07 Å². The molecule has 1 atom stereocenters. The van der Waals surface area contributed by atoms with Crippen LogP contribution in [0.3, 0.4) is 0 Å². The summed E-state index contributed by atoms with van der Waals surface area (Å²) < 4.78 is 17.2. The Bertz CT molecular complexity index is 597. The lowest BCUT2D eigenvalue weighted by molar-refractivity contribution is 0.524. The highest BCUT2D eigenvalue weighted by molar-refractivity contribution is 14.1. The first kappa shape index (κ1) is 13.8. The second kappa shape index (κ2) is 5.16. The van der Waals surface area contributed by atoms with E-state index in [2.05, 4.69) is 43.6 Å². The average molecular weight is 424 g/mol. The fourth-order valence-electron chi connectivity index (χ4n) is 1.81. The second-order valence-electron chi connectivity index (χ2n) is 4.07. The molecule has 0 radical (unpaired) electrons. The van der Waals surface area contributed by atoms with E-state index in [1.165, 1.54) is 6.07 Å². The summed E-state index contributed by atoms with van der Waals surface area (Å²) in [7, 11) is 0. The van der Waals surface area contributed by atoms with Crippen LogP contribution in [0.5, 0.6) is 0 Å². The number of nitrogens with two attached hydrogens (primary N) is 1. The van der Waals surface area contributed by atoms with Gasteiger partial charge in [-0.1, -0.05) is 15.9 Å². The van der Waals surface area contributed by atoms with E-state index in [9.17, 15) is 4.39 Å². The highest BCUT2D eigenvalue weighted by Crippen LogP contribution is 2.28. The summed E-state index contributed by atoms with van der Waals surface area (Å²) in [5.74, 6) is 0.313. The van der Waals surface area contributed by atoms with Crippen molar-refractivity contribution in [3.8, 4) is 0 Å². The predicted molar refractivity (Wildman–Crippen MR) is 82.0 cm³/mol. The van der Waals surface area contributed by atoms with Crippen LogP contribution in [0.2, 0.25) is 0 Å². The first-order valence-corrected chi connectivity index (χ1v) is 7.24. The topological polar surface area (TPSA) is 43.8 Å². The summed E-state index contributed by atoms with van der Waals surface area (Å²) >= 11 is 5.49. The van der Waals surface area contributed by atoms with Gasteiger partial charge in [-0.3, -0.25) is 0 Å². The summed E-state index contributed by atoms with van der Waals surface area (Å²) in [6, 6.07) is 4.62. The lowest BCUT2D eigenvalue weighted by Crippen LogP contribution is -2.13. The Hall–Kier alpha value is -0.630. The number of anilines is 1. The van der Waals surface area contributed by atoms with E-state index in [1.54, 1.807) is 16.8 Å². The van der Waals surface area contributed by atoms with E-state index >= 15 is 0 Å². The van der Waals surface area contributed by atoms with Crippen LogP contribution >= 0.6 is 38.5 Å². The third-order valence-electron chi connectivity index (χ3n) is 2.82. The van der Waals surface area contributed by atoms with Gasteiger partial charge in [0.15, 0.2) is 0 Å². The minimum absolute atomic E-state index is 0.246. The summed E-state index contributed by atoms with van der Waals surface area (Å²) in [5, 5.41) is 4.36. The zero-order valence-corrected chi connectivity index (χ0v) is 13.7. The highest BCUT2D eigenvalue weighted by Gasteiger charge is 2.19. The number of aryl methyl sites for hydroxylation is 1. The standard InChI is InChI=1S/C12H12BrFIN3/c1-6-11(15)12(16)18(17-6)7(2)9-5-8(13)3-4-10(9)14/h3-5,7H,16H2,1-2H3. The van der Waals surface area contributed by atoms with Crippen molar-refractivity contribution in [1.29, 1.82) is 0 Å². The summed E-state index contributed by atoms with van der Waals surface area (Å²) in [5.41, 5.74) is 7.41. The number of aromatic nitrogens is 2. The van der Waals surface area contributed by atoms with Crippen molar-refractivity contribution in [2.24, 2.45) is 0 Å². The van der Waals surface area contributed by atoms with Gasteiger partial charge in [-0.15, -0.1) is 0 Å². The largest absolute Gasteiger partial charge is 0.383 e. The van der Waals surface area contributed by atoms with Gasteiger partial charge < -0.3 is 5.73 Å². The summed E-state index contributed by atoms with van der Waals surface area (Å²) in [4.78, 5) is 0. The van der Waals surface area contributed by atoms with Crippen molar-refractivity contribution >= 4 is 44.3 Å². The number of hydrogen-bond donors (Lipinski definition) is 1. The first-order valence-electron chi connectivity index (χ1n) is 5.37. The Balaban J connectivity index is 2.50. The van der Waals surface area contributed by atoms with Crippen molar-refractivity contribution in [3.05, 3.63) is 43.3 Å². The Morgan fingerprint density at radius 1 is 1.50 bits per heavy atom. The number of hydrogen-bond acceptors (Lipinski definition) is 2. The Morgan fingerprint density at radius 3 is 2.72 bits per heavy atom. The van der Waals surface area contributed by atoms with Crippen LogP contribution in [-0.4, -0.2) is 9.78 Å². The van der Waals surface area contributed by atoms with Gasteiger partial charge in [0.25, 0.3) is 0 Å². The van der Waals surface area contributed by atoms with Gasteiger partial charge in [-0.2, -0.15) is 5.10 Å². The highest BCUT2D eigenvalue weighted by atomic mass is 127. The molecule has 6 heteroatoms. The zero-order valence-electron chi connectivity index (χ0n) is 9.92. The van der Waals surface area contributed by atoms with Crippen LogP contribution in [0.1, 0.15) is 24.2 Å². The smallest absolute Gasteiger partial charge is 0.136 e. The molecule has 0 spiro atoms. The second-order valence-corrected chi connectivity index (χ2v) is 6.07. The number of halogens is 3. The van der Waals surface area contributed by atoms with Crippen LogP contribution in [0.25, 0.3) is 0 Å². The van der Waals surface area contributed by atoms with Gasteiger partial charge in [0.1, 0.15) is 11.6 Å². The Kier molecular flexibility index (Phi) is 3.96. The molecule has 1 aromatic heterocycles. The molecule has 1 heterocycles. The molecular formula is C12H12BrFIN3. The van der Waals surface area contributed by atoms with Crippen molar-refractivity contribution in [3.63, 3.8) is 0 Å². The zero-order chi connectivity index (χ0) is 13.4. The molecule has 0 fully saturated rings. The van der Waals surface area contributed by atoms with Crippen LogP contribution in [0, 0.1) is 16.3 Å². The van der Waals surface area contributed by atoms with Crippen molar-refractivity contribution < 1.29 is 4.39 Å². The van der Waals surface area contributed by atoms with Crippen molar-refractivity contribution in [2.75, 3.05) is 5.73 Å². The molecule has 0 aliphatic heterocycles. The first-order chi connectivity index (χ1) is 8.41. The van der Waals surface area contributed by atoms with Gasteiger partial charge >= 0.3 is 0 Å². The maximum Gasteiger partial charge on any atom is 0.136 e. The number of nitrogen functional groups attached to an aromatic ring is 1. The van der Waals surface area contributed by atoms with Gasteiger partial charge in [0.2, 0.25) is 0 Å². The van der Waals surface area contributed by atoms with Gasteiger partial charge in [-0.05, 0) is 54.6 Å². The monoisotopic (exact) mass is 423 g/mol. The molecule has 0 bridgehead atoms. The molecule has 0 aliphatic rings. The minimum atomic E-state index is -0.256. The molecule has 0 saturated heterocycles. The van der Waals surface area contributed by atoms with Crippen LogP contribution in [0.4, 0.5) is 10.2 Å². The molecule has 1 aromatic carbocycles. The molecular weight excluding hydrogens is 412 g/mol. The third kappa shape index (κ3) is 2.40.